The average molecular weight is 168 g/mol. The minimum Gasteiger partial charge on any atom is -0.365 e. The summed E-state index contributed by atoms with van der Waals surface area (Å²) in [5.74, 6) is 2.27. The Kier molecular flexibility index (Phi) is 2.74. The van der Waals surface area contributed by atoms with Crippen molar-refractivity contribution in [2.24, 2.45) is 5.92 Å². The summed E-state index contributed by atoms with van der Waals surface area (Å²) in [6.07, 6.45) is 0. The van der Waals surface area contributed by atoms with E-state index in [0.29, 0.717) is 12.0 Å². The molecule has 12 heavy (non-hydrogen) atoms. The summed E-state index contributed by atoms with van der Waals surface area (Å²) in [6.45, 7) is 8.36. The van der Waals surface area contributed by atoms with Crippen LogP contribution in [0.5, 0.6) is 0 Å². The number of aryl methyl sites for hydroxylation is 1. The molecule has 0 spiro atoms. The molecule has 0 saturated heterocycles. The van der Waals surface area contributed by atoms with Crippen LogP contribution in [0, 0.1) is 12.8 Å². The Morgan fingerprint density at radius 1 is 1.42 bits per heavy atom. The predicted molar refractivity (Wildman–Crippen MR) is 49.2 cm³/mol. The second-order valence-corrected chi connectivity index (χ2v) is 3.50. The third kappa shape index (κ3) is 2.26. The lowest BCUT2D eigenvalue weighted by Crippen LogP contribution is -2.21. The number of nitrogens with zero attached hydrogens (tertiary/aromatic N) is 1. The number of hydrogen-bond acceptors (Lipinski definition) is 3. The van der Waals surface area contributed by atoms with Crippen LogP contribution in [-0.2, 0) is 0 Å². The van der Waals surface area contributed by atoms with Gasteiger partial charge in [-0.05, 0) is 19.8 Å². The molecule has 0 aliphatic rings. The molecule has 0 fully saturated rings. The average Bonchev–Trinajstić information content (AvgIpc) is 2.35. The van der Waals surface area contributed by atoms with Crippen LogP contribution < -0.4 is 5.32 Å². The van der Waals surface area contributed by atoms with Gasteiger partial charge in [-0.2, -0.15) is 0 Å². The van der Waals surface area contributed by atoms with E-state index < -0.39 is 0 Å². The number of hydrogen-bond donors (Lipinski definition) is 1. The fourth-order valence-electron chi connectivity index (χ4n) is 0.834. The molecular formula is C9H16N2O. The first-order valence-corrected chi connectivity index (χ1v) is 4.29. The van der Waals surface area contributed by atoms with Crippen molar-refractivity contribution in [3.05, 3.63) is 11.8 Å². The summed E-state index contributed by atoms with van der Waals surface area (Å²) < 4.78 is 4.93. The highest BCUT2D eigenvalue weighted by atomic mass is 16.5. The van der Waals surface area contributed by atoms with Crippen LogP contribution in [0.4, 0.5) is 5.82 Å². The van der Waals surface area contributed by atoms with Gasteiger partial charge in [0.05, 0.1) is 0 Å². The zero-order chi connectivity index (χ0) is 9.14. The lowest BCUT2D eigenvalue weighted by molar-refractivity contribution is 0.398. The molecule has 1 aromatic heterocycles. The Bertz CT molecular complexity index is 242. The number of rotatable bonds is 3. The van der Waals surface area contributed by atoms with E-state index >= 15 is 0 Å². The second kappa shape index (κ2) is 3.61. The van der Waals surface area contributed by atoms with Crippen LogP contribution in [0.1, 0.15) is 26.5 Å². The van der Waals surface area contributed by atoms with Crippen molar-refractivity contribution in [1.82, 2.24) is 5.16 Å². The summed E-state index contributed by atoms with van der Waals surface area (Å²) in [6, 6.07) is 2.33. The van der Waals surface area contributed by atoms with Crippen LogP contribution in [0.25, 0.3) is 0 Å². The summed E-state index contributed by atoms with van der Waals surface area (Å²) in [5, 5.41) is 7.11. The zero-order valence-electron chi connectivity index (χ0n) is 8.09. The van der Waals surface area contributed by atoms with Crippen LogP contribution in [0.15, 0.2) is 10.6 Å². The molecule has 1 aromatic rings. The van der Waals surface area contributed by atoms with E-state index in [1.54, 1.807) is 0 Å². The molecule has 1 N–H and O–H groups in total. The van der Waals surface area contributed by atoms with Crippen molar-refractivity contribution in [2.75, 3.05) is 5.32 Å². The minimum atomic E-state index is 0.425. The Labute approximate surface area is 73.1 Å². The van der Waals surface area contributed by atoms with Crippen molar-refractivity contribution in [2.45, 2.75) is 33.7 Å². The van der Waals surface area contributed by atoms with Crippen molar-refractivity contribution < 1.29 is 4.52 Å². The van der Waals surface area contributed by atoms with Gasteiger partial charge in [0, 0.05) is 12.1 Å². The monoisotopic (exact) mass is 168 g/mol. The van der Waals surface area contributed by atoms with Crippen molar-refractivity contribution >= 4 is 5.82 Å². The molecule has 1 heterocycles. The van der Waals surface area contributed by atoms with Gasteiger partial charge in [-0.3, -0.25) is 0 Å². The lowest BCUT2D eigenvalue weighted by Gasteiger charge is -2.15. The van der Waals surface area contributed by atoms with Gasteiger partial charge < -0.3 is 9.84 Å². The van der Waals surface area contributed by atoms with E-state index in [4.69, 9.17) is 4.52 Å². The van der Waals surface area contributed by atoms with E-state index in [-0.39, 0.29) is 0 Å². The van der Waals surface area contributed by atoms with Crippen molar-refractivity contribution in [3.8, 4) is 0 Å². The first-order valence-electron chi connectivity index (χ1n) is 4.29. The molecule has 0 aliphatic heterocycles. The quantitative estimate of drug-likeness (QED) is 0.753. The van der Waals surface area contributed by atoms with Crippen LogP contribution in [0.2, 0.25) is 0 Å². The maximum Gasteiger partial charge on any atom is 0.169 e. The number of anilines is 1. The summed E-state index contributed by atoms with van der Waals surface area (Å²) in [7, 11) is 0. The van der Waals surface area contributed by atoms with E-state index in [2.05, 4.69) is 31.2 Å². The molecule has 3 heteroatoms. The fourth-order valence-corrected chi connectivity index (χ4v) is 0.834. The molecule has 0 bridgehead atoms. The smallest absolute Gasteiger partial charge is 0.169 e. The van der Waals surface area contributed by atoms with Gasteiger partial charge in [0.15, 0.2) is 5.82 Å². The number of nitrogens with one attached hydrogen (secondary N) is 1. The summed E-state index contributed by atoms with van der Waals surface area (Å²) in [4.78, 5) is 0. The standard InChI is InChI=1S/C9H16N2O/c1-6(2)8(4)10-9-5-7(3)12-11-9/h5-6,8H,1-4H3,(H,10,11)/t8-/m1/s1. The van der Waals surface area contributed by atoms with Gasteiger partial charge in [-0.25, -0.2) is 0 Å². The SMILES string of the molecule is Cc1cc(N[C@H](C)C(C)C)no1. The Morgan fingerprint density at radius 2 is 2.08 bits per heavy atom. The molecule has 68 valence electrons. The molecule has 0 aliphatic carbocycles. The summed E-state index contributed by atoms with van der Waals surface area (Å²) >= 11 is 0. The molecule has 0 aromatic carbocycles. The Morgan fingerprint density at radius 3 is 2.50 bits per heavy atom. The molecule has 1 rings (SSSR count). The molecule has 1 atom stereocenters. The van der Waals surface area contributed by atoms with E-state index in [1.807, 2.05) is 13.0 Å². The molecule has 0 amide bonds. The van der Waals surface area contributed by atoms with Crippen molar-refractivity contribution in [3.63, 3.8) is 0 Å². The van der Waals surface area contributed by atoms with Crippen LogP contribution in [0.3, 0.4) is 0 Å². The fraction of sp³-hybridized carbons (Fsp3) is 0.667. The highest BCUT2D eigenvalue weighted by Gasteiger charge is 2.08. The highest BCUT2D eigenvalue weighted by molar-refractivity contribution is 5.34. The van der Waals surface area contributed by atoms with Gasteiger partial charge in [-0.15, -0.1) is 0 Å². The molecule has 3 nitrogen and oxygen atoms in total. The highest BCUT2D eigenvalue weighted by Crippen LogP contribution is 2.11. The van der Waals surface area contributed by atoms with Crippen LogP contribution >= 0.6 is 0 Å². The predicted octanol–water partition coefficient (Wildman–Crippen LogP) is 2.44. The van der Waals surface area contributed by atoms with E-state index in [0.717, 1.165) is 11.6 Å². The van der Waals surface area contributed by atoms with Gasteiger partial charge >= 0.3 is 0 Å². The third-order valence-electron chi connectivity index (χ3n) is 2.00. The maximum atomic E-state index is 4.93. The largest absolute Gasteiger partial charge is 0.365 e. The minimum absolute atomic E-state index is 0.425. The Hall–Kier alpha value is -0.990. The van der Waals surface area contributed by atoms with Gasteiger partial charge in [0.2, 0.25) is 0 Å². The topological polar surface area (TPSA) is 38.1 Å². The van der Waals surface area contributed by atoms with Gasteiger partial charge in [0.1, 0.15) is 5.76 Å². The molecule has 0 radical (unpaired) electrons. The van der Waals surface area contributed by atoms with Crippen molar-refractivity contribution in [1.29, 1.82) is 0 Å². The van der Waals surface area contributed by atoms with Gasteiger partial charge in [0.25, 0.3) is 0 Å². The first kappa shape index (κ1) is 9.10. The third-order valence-corrected chi connectivity index (χ3v) is 2.00. The van der Waals surface area contributed by atoms with E-state index in [1.165, 1.54) is 0 Å². The normalized spacial score (nSPS) is 13.4. The molecular weight excluding hydrogens is 152 g/mol. The zero-order valence-corrected chi connectivity index (χ0v) is 8.09. The first-order chi connectivity index (χ1) is 5.59. The van der Waals surface area contributed by atoms with Crippen LogP contribution in [-0.4, -0.2) is 11.2 Å². The van der Waals surface area contributed by atoms with E-state index in [9.17, 15) is 0 Å². The maximum absolute atomic E-state index is 4.93. The molecule has 0 unspecified atom stereocenters. The Balaban J connectivity index is 2.52. The summed E-state index contributed by atoms with van der Waals surface area (Å²) in [5.41, 5.74) is 0. The second-order valence-electron chi connectivity index (χ2n) is 3.50. The number of aromatic nitrogens is 1. The van der Waals surface area contributed by atoms with Gasteiger partial charge in [-0.1, -0.05) is 19.0 Å². The molecule has 0 saturated carbocycles. The lowest BCUT2D eigenvalue weighted by atomic mass is 10.1.